The van der Waals surface area contributed by atoms with Gasteiger partial charge in [0, 0.05) is 17.6 Å². The highest BCUT2D eigenvalue weighted by Crippen LogP contribution is 2.32. The van der Waals surface area contributed by atoms with E-state index >= 15 is 0 Å². The van der Waals surface area contributed by atoms with Crippen LogP contribution < -0.4 is 14.8 Å². The Morgan fingerprint density at radius 2 is 1.94 bits per heavy atom. The Morgan fingerprint density at radius 3 is 2.72 bits per heavy atom. The summed E-state index contributed by atoms with van der Waals surface area (Å²) in [5.41, 5.74) is 1.95. The van der Waals surface area contributed by atoms with Crippen molar-refractivity contribution >= 4 is 33.0 Å². The average molecular weight is 474 g/mol. The molecule has 0 fully saturated rings. The van der Waals surface area contributed by atoms with Crippen LogP contribution in [0.1, 0.15) is 32.4 Å². The molecule has 0 saturated carbocycles. The molecule has 170 valence electrons. The van der Waals surface area contributed by atoms with Crippen LogP contribution in [0.25, 0.3) is 10.6 Å². The van der Waals surface area contributed by atoms with Crippen LogP contribution in [0.4, 0.5) is 5.69 Å². The van der Waals surface area contributed by atoms with Crippen LogP contribution in [-0.2, 0) is 21.2 Å². The lowest BCUT2D eigenvalue weighted by Gasteiger charge is -2.09. The van der Waals surface area contributed by atoms with Crippen molar-refractivity contribution in [3.8, 4) is 16.3 Å². The summed E-state index contributed by atoms with van der Waals surface area (Å²) in [6, 6.07) is 13.9. The lowest BCUT2D eigenvalue weighted by atomic mass is 10.2. The molecular weight excluding hydrogens is 446 g/mol. The van der Waals surface area contributed by atoms with E-state index in [1.54, 1.807) is 12.1 Å². The Labute approximate surface area is 192 Å². The van der Waals surface area contributed by atoms with Crippen LogP contribution in [0.5, 0.6) is 5.75 Å². The zero-order valence-electron chi connectivity index (χ0n) is 18.1. The molecule has 1 amide bonds. The number of unbranched alkanes of at least 4 members (excludes halogenated alkanes) is 1. The van der Waals surface area contributed by atoms with E-state index in [9.17, 15) is 13.2 Å². The van der Waals surface area contributed by atoms with Gasteiger partial charge in [0.2, 0.25) is 15.9 Å². The molecular formula is C23H27N3O4S2. The predicted octanol–water partition coefficient (Wildman–Crippen LogP) is 4.47. The topological polar surface area (TPSA) is 97.4 Å². The highest BCUT2D eigenvalue weighted by molar-refractivity contribution is 7.89. The SMILES string of the molecule is CCCCNS(=O)(=O)c1cccc(NC(=O)Cc2csc(-c3ccccc3OCC)n2)c1. The molecule has 0 aliphatic rings. The molecule has 7 nitrogen and oxygen atoms in total. The first-order valence-corrected chi connectivity index (χ1v) is 12.9. The van der Waals surface area contributed by atoms with Crippen molar-refractivity contribution in [2.24, 2.45) is 0 Å². The lowest BCUT2D eigenvalue weighted by molar-refractivity contribution is -0.115. The number of rotatable bonds is 11. The summed E-state index contributed by atoms with van der Waals surface area (Å²) in [5.74, 6) is 0.486. The molecule has 0 aliphatic carbocycles. The fourth-order valence-corrected chi connectivity index (χ4v) is 4.98. The number of carbonyl (C=O) groups excluding carboxylic acids is 1. The molecule has 0 radical (unpaired) electrons. The number of anilines is 1. The maximum atomic E-state index is 12.5. The quantitative estimate of drug-likeness (QED) is 0.401. The van der Waals surface area contributed by atoms with E-state index in [-0.39, 0.29) is 17.2 Å². The summed E-state index contributed by atoms with van der Waals surface area (Å²) in [4.78, 5) is 17.2. The number of amides is 1. The molecule has 0 unspecified atom stereocenters. The molecule has 0 aliphatic heterocycles. The summed E-state index contributed by atoms with van der Waals surface area (Å²) in [6.07, 6.45) is 1.74. The number of hydrogen-bond donors (Lipinski definition) is 2. The number of ether oxygens (including phenoxy) is 1. The summed E-state index contributed by atoms with van der Waals surface area (Å²) in [5, 5.41) is 5.38. The Kier molecular flexibility index (Phi) is 8.38. The molecule has 1 aromatic heterocycles. The maximum absolute atomic E-state index is 12.5. The normalized spacial score (nSPS) is 11.3. The minimum absolute atomic E-state index is 0.0824. The number of thiazole rings is 1. The zero-order chi connectivity index (χ0) is 23.0. The van der Waals surface area contributed by atoms with Gasteiger partial charge in [-0.05, 0) is 43.7 Å². The first kappa shape index (κ1) is 23.9. The maximum Gasteiger partial charge on any atom is 0.240 e. The van der Waals surface area contributed by atoms with Crippen LogP contribution in [0.15, 0.2) is 58.8 Å². The van der Waals surface area contributed by atoms with Crippen molar-refractivity contribution in [3.05, 3.63) is 59.6 Å². The van der Waals surface area contributed by atoms with Gasteiger partial charge in [0.15, 0.2) is 0 Å². The van der Waals surface area contributed by atoms with Gasteiger partial charge in [0.25, 0.3) is 0 Å². The fourth-order valence-electron chi connectivity index (χ4n) is 3.01. The smallest absolute Gasteiger partial charge is 0.240 e. The van der Waals surface area contributed by atoms with Gasteiger partial charge in [-0.25, -0.2) is 18.1 Å². The van der Waals surface area contributed by atoms with E-state index in [0.717, 1.165) is 29.2 Å². The van der Waals surface area contributed by atoms with Crippen LogP contribution in [0, 0.1) is 0 Å². The molecule has 3 rings (SSSR count). The Balaban J connectivity index is 1.66. The summed E-state index contributed by atoms with van der Waals surface area (Å²) in [6.45, 7) is 4.86. The van der Waals surface area contributed by atoms with Gasteiger partial charge in [-0.15, -0.1) is 11.3 Å². The molecule has 0 bridgehead atoms. The molecule has 9 heteroatoms. The molecule has 0 saturated heterocycles. The standard InChI is InChI=1S/C23H27N3O4S2/c1-3-5-13-24-32(28,29)19-10-8-9-17(14-19)25-22(27)15-18-16-31-23(26-18)20-11-6-7-12-21(20)30-4-2/h6-12,14,16,24H,3-5,13,15H2,1-2H3,(H,25,27). The van der Waals surface area contributed by atoms with Crippen molar-refractivity contribution in [2.45, 2.75) is 38.0 Å². The van der Waals surface area contributed by atoms with Crippen LogP contribution in [-0.4, -0.2) is 32.5 Å². The van der Waals surface area contributed by atoms with E-state index in [0.29, 0.717) is 24.5 Å². The van der Waals surface area contributed by atoms with Crippen LogP contribution in [0.2, 0.25) is 0 Å². The molecule has 1 heterocycles. The van der Waals surface area contributed by atoms with E-state index in [4.69, 9.17) is 4.74 Å². The van der Waals surface area contributed by atoms with Crippen molar-refractivity contribution in [1.29, 1.82) is 0 Å². The van der Waals surface area contributed by atoms with Crippen LogP contribution in [0.3, 0.4) is 0 Å². The third kappa shape index (κ3) is 6.38. The Bertz CT molecular complexity index is 1160. The summed E-state index contributed by atoms with van der Waals surface area (Å²) >= 11 is 1.45. The van der Waals surface area contributed by atoms with Crippen molar-refractivity contribution in [3.63, 3.8) is 0 Å². The second kappa shape index (κ2) is 11.2. The third-order valence-electron chi connectivity index (χ3n) is 4.56. The highest BCUT2D eigenvalue weighted by Gasteiger charge is 2.15. The van der Waals surface area contributed by atoms with E-state index in [1.807, 2.05) is 43.5 Å². The van der Waals surface area contributed by atoms with Gasteiger partial charge in [-0.2, -0.15) is 0 Å². The van der Waals surface area contributed by atoms with Crippen molar-refractivity contribution < 1.29 is 17.9 Å². The van der Waals surface area contributed by atoms with Gasteiger partial charge in [-0.3, -0.25) is 4.79 Å². The monoisotopic (exact) mass is 473 g/mol. The second-order valence-corrected chi connectivity index (χ2v) is 9.70. The van der Waals surface area contributed by atoms with Crippen LogP contribution >= 0.6 is 11.3 Å². The largest absolute Gasteiger partial charge is 0.493 e. The summed E-state index contributed by atoms with van der Waals surface area (Å²) in [7, 11) is -3.61. The number of benzene rings is 2. The number of para-hydroxylation sites is 1. The third-order valence-corrected chi connectivity index (χ3v) is 6.94. The van der Waals surface area contributed by atoms with Gasteiger partial charge in [0.1, 0.15) is 10.8 Å². The molecule has 0 atom stereocenters. The predicted molar refractivity (Wildman–Crippen MR) is 128 cm³/mol. The molecule has 2 aromatic carbocycles. The van der Waals surface area contributed by atoms with Crippen molar-refractivity contribution in [1.82, 2.24) is 9.71 Å². The number of nitrogens with one attached hydrogen (secondary N) is 2. The number of sulfonamides is 1. The highest BCUT2D eigenvalue weighted by atomic mass is 32.2. The van der Waals surface area contributed by atoms with Crippen molar-refractivity contribution in [2.75, 3.05) is 18.5 Å². The molecule has 3 aromatic rings. The molecule has 32 heavy (non-hydrogen) atoms. The molecule has 2 N–H and O–H groups in total. The van der Waals surface area contributed by atoms with E-state index < -0.39 is 10.0 Å². The number of aromatic nitrogens is 1. The zero-order valence-corrected chi connectivity index (χ0v) is 19.8. The van der Waals surface area contributed by atoms with Gasteiger partial charge in [-0.1, -0.05) is 31.5 Å². The van der Waals surface area contributed by atoms with E-state index in [1.165, 1.54) is 23.5 Å². The average Bonchev–Trinajstić information content (AvgIpc) is 3.22. The lowest BCUT2D eigenvalue weighted by Crippen LogP contribution is -2.25. The Hall–Kier alpha value is -2.75. The second-order valence-electron chi connectivity index (χ2n) is 7.08. The minimum Gasteiger partial charge on any atom is -0.493 e. The molecule has 0 spiro atoms. The van der Waals surface area contributed by atoms with Gasteiger partial charge in [0.05, 0.1) is 29.2 Å². The van der Waals surface area contributed by atoms with E-state index in [2.05, 4.69) is 15.0 Å². The summed E-state index contributed by atoms with van der Waals surface area (Å²) < 4.78 is 33.0. The first-order chi connectivity index (χ1) is 15.4. The van der Waals surface area contributed by atoms with Gasteiger partial charge < -0.3 is 10.1 Å². The fraction of sp³-hybridized carbons (Fsp3) is 0.304. The Morgan fingerprint density at radius 1 is 1.12 bits per heavy atom. The first-order valence-electron chi connectivity index (χ1n) is 10.5. The number of carbonyl (C=O) groups is 1. The number of nitrogens with zero attached hydrogens (tertiary/aromatic N) is 1. The van der Waals surface area contributed by atoms with Gasteiger partial charge >= 0.3 is 0 Å². The number of hydrogen-bond acceptors (Lipinski definition) is 6. The minimum atomic E-state index is -3.61.